The second-order valence-electron chi connectivity index (χ2n) is 6.53. The molecule has 0 aromatic carbocycles. The van der Waals surface area contributed by atoms with Gasteiger partial charge in [-0.05, 0) is 25.7 Å². The van der Waals surface area contributed by atoms with Crippen molar-refractivity contribution in [3.8, 4) is 0 Å². The summed E-state index contributed by atoms with van der Waals surface area (Å²) in [5.41, 5.74) is 5.86. The molecule has 5 nitrogen and oxygen atoms in total. The molecule has 0 spiro atoms. The Morgan fingerprint density at radius 3 is 1.76 bits per heavy atom. The molecule has 2 aliphatic rings. The van der Waals surface area contributed by atoms with E-state index in [0.29, 0.717) is 0 Å². The number of amides is 1. The first kappa shape index (κ1) is 16.3. The molecule has 0 aromatic heterocycles. The molecule has 0 aromatic rings. The Labute approximate surface area is 126 Å². The van der Waals surface area contributed by atoms with E-state index in [9.17, 15) is 9.59 Å². The first-order valence-corrected chi connectivity index (χ1v) is 8.39. The Hall–Kier alpha value is -1.10. The van der Waals surface area contributed by atoms with Crippen molar-refractivity contribution in [2.24, 2.45) is 5.73 Å². The van der Waals surface area contributed by atoms with Gasteiger partial charge in [0.2, 0.25) is 5.91 Å². The molecule has 2 rings (SSSR count). The van der Waals surface area contributed by atoms with E-state index in [1.807, 2.05) is 4.90 Å². The minimum atomic E-state index is -0.997. The van der Waals surface area contributed by atoms with Crippen molar-refractivity contribution in [2.45, 2.75) is 88.8 Å². The minimum Gasteiger partial charge on any atom is -0.481 e. The van der Waals surface area contributed by atoms with Gasteiger partial charge < -0.3 is 15.7 Å². The second kappa shape index (κ2) is 7.78. The van der Waals surface area contributed by atoms with E-state index < -0.39 is 12.0 Å². The zero-order valence-electron chi connectivity index (χ0n) is 12.8. The Morgan fingerprint density at radius 2 is 1.38 bits per heavy atom. The fourth-order valence-electron chi connectivity index (χ4n) is 3.84. The van der Waals surface area contributed by atoms with Crippen LogP contribution in [-0.2, 0) is 9.59 Å². The van der Waals surface area contributed by atoms with Gasteiger partial charge in [0.05, 0.1) is 12.5 Å². The van der Waals surface area contributed by atoms with E-state index in [1.54, 1.807) is 0 Å². The Kier molecular flexibility index (Phi) is 6.03. The largest absolute Gasteiger partial charge is 0.481 e. The van der Waals surface area contributed by atoms with E-state index in [4.69, 9.17) is 10.8 Å². The molecule has 3 N–H and O–H groups in total. The third-order valence-electron chi connectivity index (χ3n) is 4.90. The van der Waals surface area contributed by atoms with Gasteiger partial charge in [0.1, 0.15) is 0 Å². The van der Waals surface area contributed by atoms with Crippen molar-refractivity contribution in [1.82, 2.24) is 4.90 Å². The van der Waals surface area contributed by atoms with Crippen LogP contribution in [0.1, 0.15) is 70.6 Å². The third-order valence-corrected chi connectivity index (χ3v) is 4.90. The van der Waals surface area contributed by atoms with Crippen molar-refractivity contribution in [2.75, 3.05) is 0 Å². The first-order valence-electron chi connectivity index (χ1n) is 8.39. The van der Waals surface area contributed by atoms with Crippen molar-refractivity contribution in [3.05, 3.63) is 0 Å². The maximum absolute atomic E-state index is 12.7. The highest BCUT2D eigenvalue weighted by molar-refractivity contribution is 5.86. The normalized spacial score (nSPS) is 22.7. The van der Waals surface area contributed by atoms with Crippen LogP contribution in [-0.4, -0.2) is 40.0 Å². The molecule has 0 bridgehead atoms. The fraction of sp³-hybridized carbons (Fsp3) is 0.875. The van der Waals surface area contributed by atoms with Crippen LogP contribution in [0.15, 0.2) is 0 Å². The molecule has 0 saturated heterocycles. The number of nitrogens with two attached hydrogens (primary N) is 1. The van der Waals surface area contributed by atoms with Gasteiger partial charge in [0.15, 0.2) is 0 Å². The van der Waals surface area contributed by atoms with Crippen LogP contribution in [0.2, 0.25) is 0 Å². The number of carbonyl (C=O) groups excluding carboxylic acids is 1. The summed E-state index contributed by atoms with van der Waals surface area (Å²) < 4.78 is 0. The van der Waals surface area contributed by atoms with E-state index in [0.717, 1.165) is 51.4 Å². The highest BCUT2D eigenvalue weighted by Crippen LogP contribution is 2.30. The average Bonchev–Trinajstić information content (AvgIpc) is 2.49. The van der Waals surface area contributed by atoms with Crippen LogP contribution in [0.3, 0.4) is 0 Å². The summed E-state index contributed by atoms with van der Waals surface area (Å²) in [6, 6.07) is -0.352. The lowest BCUT2D eigenvalue weighted by atomic mass is 9.88. The molecule has 0 heterocycles. The lowest BCUT2D eigenvalue weighted by molar-refractivity contribution is -0.145. The van der Waals surface area contributed by atoms with E-state index in [2.05, 4.69) is 0 Å². The standard InChI is InChI=1S/C16H28N2O3/c17-14(11-15(19)20)16(21)18(12-7-3-1-4-8-12)13-9-5-2-6-10-13/h12-14H,1-11,17H2,(H,19,20)/t14-/m0/s1. The fourth-order valence-corrected chi connectivity index (χ4v) is 3.84. The van der Waals surface area contributed by atoms with Crippen molar-refractivity contribution in [3.63, 3.8) is 0 Å². The van der Waals surface area contributed by atoms with E-state index in [1.165, 1.54) is 12.8 Å². The molecule has 2 aliphatic carbocycles. The van der Waals surface area contributed by atoms with Gasteiger partial charge in [-0.1, -0.05) is 38.5 Å². The smallest absolute Gasteiger partial charge is 0.305 e. The van der Waals surface area contributed by atoms with Gasteiger partial charge in [-0.25, -0.2) is 0 Å². The summed E-state index contributed by atoms with van der Waals surface area (Å²) in [5.74, 6) is -1.14. The molecule has 120 valence electrons. The summed E-state index contributed by atoms with van der Waals surface area (Å²) in [5, 5.41) is 8.88. The second-order valence-corrected chi connectivity index (χ2v) is 6.53. The number of hydrogen-bond acceptors (Lipinski definition) is 3. The zero-order chi connectivity index (χ0) is 15.2. The zero-order valence-corrected chi connectivity index (χ0v) is 12.8. The van der Waals surface area contributed by atoms with E-state index >= 15 is 0 Å². The number of rotatable bonds is 5. The summed E-state index contributed by atoms with van der Waals surface area (Å²) in [6.07, 6.45) is 11.0. The van der Waals surface area contributed by atoms with Gasteiger partial charge in [-0.15, -0.1) is 0 Å². The number of carboxylic acid groups (broad SMARTS) is 1. The summed E-state index contributed by atoms with van der Waals surface area (Å²) in [4.78, 5) is 25.5. The first-order chi connectivity index (χ1) is 10.1. The monoisotopic (exact) mass is 296 g/mol. The van der Waals surface area contributed by atoms with Crippen LogP contribution < -0.4 is 5.73 Å². The molecule has 2 fully saturated rings. The highest BCUT2D eigenvalue weighted by atomic mass is 16.4. The number of carbonyl (C=O) groups is 2. The molecule has 5 heteroatoms. The van der Waals surface area contributed by atoms with Gasteiger partial charge in [-0.2, -0.15) is 0 Å². The van der Waals surface area contributed by atoms with Gasteiger partial charge in [0.25, 0.3) is 0 Å². The van der Waals surface area contributed by atoms with Crippen molar-refractivity contribution < 1.29 is 14.7 Å². The Morgan fingerprint density at radius 1 is 0.952 bits per heavy atom. The number of carboxylic acids is 1. The van der Waals surface area contributed by atoms with Gasteiger partial charge in [-0.3, -0.25) is 9.59 Å². The number of hydrogen-bond donors (Lipinski definition) is 2. The molecule has 0 aliphatic heterocycles. The average molecular weight is 296 g/mol. The van der Waals surface area contributed by atoms with Gasteiger partial charge >= 0.3 is 5.97 Å². The van der Waals surface area contributed by atoms with Crippen molar-refractivity contribution in [1.29, 1.82) is 0 Å². The SMILES string of the molecule is N[C@@H](CC(=O)O)C(=O)N(C1CCCCC1)C1CCCCC1. The van der Waals surface area contributed by atoms with Crippen LogP contribution >= 0.6 is 0 Å². The van der Waals surface area contributed by atoms with Crippen LogP contribution in [0.25, 0.3) is 0 Å². The van der Waals surface area contributed by atoms with Crippen LogP contribution in [0, 0.1) is 0 Å². The van der Waals surface area contributed by atoms with Crippen molar-refractivity contribution >= 4 is 11.9 Å². The van der Waals surface area contributed by atoms with Crippen LogP contribution in [0.5, 0.6) is 0 Å². The predicted molar refractivity (Wildman–Crippen MR) is 80.8 cm³/mol. The Bertz CT molecular complexity index is 343. The lowest BCUT2D eigenvalue weighted by Crippen LogP contribution is -2.54. The molecule has 1 amide bonds. The summed E-state index contributed by atoms with van der Waals surface area (Å²) in [6.45, 7) is 0. The summed E-state index contributed by atoms with van der Waals surface area (Å²) in [7, 11) is 0. The molecule has 0 radical (unpaired) electrons. The Balaban J connectivity index is 2.09. The minimum absolute atomic E-state index is 0.142. The summed E-state index contributed by atoms with van der Waals surface area (Å²) >= 11 is 0. The highest BCUT2D eigenvalue weighted by Gasteiger charge is 2.35. The molecular weight excluding hydrogens is 268 g/mol. The predicted octanol–water partition coefficient (Wildman–Crippen LogP) is 2.28. The molecular formula is C16H28N2O3. The number of nitrogens with zero attached hydrogens (tertiary/aromatic N) is 1. The molecule has 1 atom stereocenters. The quantitative estimate of drug-likeness (QED) is 0.815. The molecule has 21 heavy (non-hydrogen) atoms. The molecule has 0 unspecified atom stereocenters. The van der Waals surface area contributed by atoms with Crippen LogP contribution in [0.4, 0.5) is 0 Å². The number of aliphatic carboxylic acids is 1. The third kappa shape index (κ3) is 4.43. The van der Waals surface area contributed by atoms with Gasteiger partial charge in [0, 0.05) is 12.1 Å². The maximum Gasteiger partial charge on any atom is 0.305 e. The lowest BCUT2D eigenvalue weighted by Gasteiger charge is -2.42. The molecule has 2 saturated carbocycles. The topological polar surface area (TPSA) is 83.6 Å². The maximum atomic E-state index is 12.7. The van der Waals surface area contributed by atoms with E-state index in [-0.39, 0.29) is 24.4 Å².